The molecule has 1 aromatic rings. The molecular weight excluding hydrogens is 348 g/mol. The van der Waals surface area contributed by atoms with Crippen molar-refractivity contribution >= 4 is 30.1 Å². The van der Waals surface area contributed by atoms with E-state index in [-0.39, 0.29) is 24.4 Å². The summed E-state index contributed by atoms with van der Waals surface area (Å²) in [6.45, 7) is 6.81. The zero-order valence-electron chi connectivity index (χ0n) is 16.4. The van der Waals surface area contributed by atoms with Crippen LogP contribution in [0.25, 0.3) is 0 Å². The summed E-state index contributed by atoms with van der Waals surface area (Å²) in [4.78, 5) is 16.2. The van der Waals surface area contributed by atoms with Gasteiger partial charge in [0.15, 0.2) is 5.96 Å². The number of urea groups is 1. The van der Waals surface area contributed by atoms with Gasteiger partial charge >= 0.3 is 6.03 Å². The van der Waals surface area contributed by atoms with E-state index in [0.717, 1.165) is 29.7 Å². The highest BCUT2D eigenvalue weighted by atomic mass is 35.5. The van der Waals surface area contributed by atoms with Crippen LogP contribution in [0.5, 0.6) is 0 Å². The van der Waals surface area contributed by atoms with Gasteiger partial charge in [0.25, 0.3) is 0 Å². The Labute approximate surface area is 164 Å². The van der Waals surface area contributed by atoms with E-state index in [4.69, 9.17) is 5.73 Å². The van der Waals surface area contributed by atoms with Crippen LogP contribution in [0.2, 0.25) is 0 Å². The fraction of sp³-hybridized carbons (Fsp3) is 0.600. The molecule has 0 unspecified atom stereocenters. The summed E-state index contributed by atoms with van der Waals surface area (Å²) in [5.74, 6) is 0.173. The number of benzene rings is 1. The number of guanidine groups is 1. The number of carbonyl (C=O) groups is 1. The topological polar surface area (TPSA) is 79.5 Å². The number of nitrogens with one attached hydrogen (secondary N) is 2. The lowest BCUT2D eigenvalue weighted by molar-refractivity contribution is 0.256. The van der Waals surface area contributed by atoms with Crippen molar-refractivity contribution in [1.29, 1.82) is 0 Å². The molecule has 1 rings (SSSR count). The number of hydrogen-bond donors (Lipinski definition) is 3. The number of para-hydroxylation sites is 1. The molecule has 0 fully saturated rings. The molecule has 26 heavy (non-hydrogen) atoms. The maximum Gasteiger partial charge on any atom is 0.326 e. The fourth-order valence-corrected chi connectivity index (χ4v) is 2.76. The van der Waals surface area contributed by atoms with Gasteiger partial charge in [-0.15, -0.1) is 12.4 Å². The van der Waals surface area contributed by atoms with E-state index in [2.05, 4.69) is 22.5 Å². The number of aliphatic imine (C=N–C) groups is 1. The predicted molar refractivity (Wildman–Crippen MR) is 114 cm³/mol. The van der Waals surface area contributed by atoms with Gasteiger partial charge in [-0.25, -0.2) is 4.79 Å². The first-order valence-corrected chi connectivity index (χ1v) is 9.48. The standard InChI is InChI=1S/C20H34N4O.ClH/c1-4-5-6-7-8-9-10-11-15-22-19(21)24-20(25)23-18-16(2)13-12-14-17(18)3;/h12-14H,4-11,15H2,1-3H3,(H4,21,22,23,24,25);1H. The molecule has 0 radical (unpaired) electrons. The third kappa shape index (κ3) is 10.3. The lowest BCUT2D eigenvalue weighted by Crippen LogP contribution is -2.40. The van der Waals surface area contributed by atoms with Gasteiger partial charge in [-0.2, -0.15) is 0 Å². The van der Waals surface area contributed by atoms with Crippen molar-refractivity contribution in [3.63, 3.8) is 0 Å². The van der Waals surface area contributed by atoms with Gasteiger partial charge < -0.3 is 11.1 Å². The first-order valence-electron chi connectivity index (χ1n) is 9.48. The second kappa shape index (κ2) is 14.4. The van der Waals surface area contributed by atoms with E-state index in [1.807, 2.05) is 32.0 Å². The molecule has 0 atom stereocenters. The summed E-state index contributed by atoms with van der Waals surface area (Å²) in [5, 5.41) is 5.42. The number of nitrogens with zero attached hydrogens (tertiary/aromatic N) is 1. The third-order valence-electron chi connectivity index (χ3n) is 4.26. The van der Waals surface area contributed by atoms with Crippen molar-refractivity contribution in [3.05, 3.63) is 29.3 Å². The smallest absolute Gasteiger partial charge is 0.326 e. The molecule has 4 N–H and O–H groups in total. The van der Waals surface area contributed by atoms with Crippen molar-refractivity contribution in [2.45, 2.75) is 72.1 Å². The summed E-state index contributed by atoms with van der Waals surface area (Å²) in [6.07, 6.45) is 10.0. The van der Waals surface area contributed by atoms with Gasteiger partial charge in [0.1, 0.15) is 0 Å². The third-order valence-corrected chi connectivity index (χ3v) is 4.26. The highest BCUT2D eigenvalue weighted by Gasteiger charge is 2.07. The van der Waals surface area contributed by atoms with E-state index < -0.39 is 0 Å². The van der Waals surface area contributed by atoms with Crippen LogP contribution in [0, 0.1) is 13.8 Å². The molecule has 0 aliphatic carbocycles. The monoisotopic (exact) mass is 382 g/mol. The van der Waals surface area contributed by atoms with Gasteiger partial charge in [-0.3, -0.25) is 10.3 Å². The molecule has 2 amide bonds. The van der Waals surface area contributed by atoms with Crippen LogP contribution in [-0.2, 0) is 0 Å². The number of anilines is 1. The molecule has 6 heteroatoms. The SMILES string of the molecule is CCCCCCCCCCN=C(N)NC(=O)Nc1c(C)cccc1C.Cl. The number of aryl methyl sites for hydroxylation is 2. The summed E-state index contributed by atoms with van der Waals surface area (Å²) < 4.78 is 0. The Morgan fingerprint density at radius 1 is 1.00 bits per heavy atom. The second-order valence-electron chi connectivity index (χ2n) is 6.59. The number of rotatable bonds is 10. The number of halogens is 1. The minimum absolute atomic E-state index is 0. The largest absolute Gasteiger partial charge is 0.370 e. The number of unbranched alkanes of at least 4 members (excludes halogenated alkanes) is 7. The van der Waals surface area contributed by atoms with Crippen LogP contribution in [0.15, 0.2) is 23.2 Å². The van der Waals surface area contributed by atoms with E-state index in [9.17, 15) is 4.79 Å². The van der Waals surface area contributed by atoms with Crippen molar-refractivity contribution in [2.75, 3.05) is 11.9 Å². The average Bonchev–Trinajstić information content (AvgIpc) is 2.57. The van der Waals surface area contributed by atoms with Crippen LogP contribution in [-0.4, -0.2) is 18.5 Å². The van der Waals surface area contributed by atoms with Crippen LogP contribution >= 0.6 is 12.4 Å². The Morgan fingerprint density at radius 2 is 1.54 bits per heavy atom. The Hall–Kier alpha value is -1.75. The van der Waals surface area contributed by atoms with Crippen molar-refractivity contribution < 1.29 is 4.79 Å². The average molecular weight is 383 g/mol. The molecule has 148 valence electrons. The molecule has 0 saturated carbocycles. The Balaban J connectivity index is 0.00000625. The first kappa shape index (κ1) is 24.2. The number of hydrogen-bond acceptors (Lipinski definition) is 2. The maximum atomic E-state index is 12.0. The number of amides is 2. The summed E-state index contributed by atoms with van der Waals surface area (Å²) in [5.41, 5.74) is 8.63. The molecule has 0 spiro atoms. The van der Waals surface area contributed by atoms with Gasteiger partial charge in [-0.1, -0.05) is 70.1 Å². The number of carbonyl (C=O) groups excluding carboxylic acids is 1. The number of nitrogens with two attached hydrogens (primary N) is 1. The van der Waals surface area contributed by atoms with Crippen molar-refractivity contribution in [2.24, 2.45) is 10.7 Å². The van der Waals surface area contributed by atoms with Crippen LogP contribution in [0.1, 0.15) is 69.4 Å². The summed E-state index contributed by atoms with van der Waals surface area (Å²) >= 11 is 0. The Morgan fingerprint density at radius 3 is 2.12 bits per heavy atom. The molecule has 0 aliphatic rings. The van der Waals surface area contributed by atoms with Crippen LogP contribution < -0.4 is 16.4 Å². The highest BCUT2D eigenvalue weighted by molar-refractivity contribution is 6.02. The van der Waals surface area contributed by atoms with Gasteiger partial charge in [0.05, 0.1) is 0 Å². The zero-order chi connectivity index (χ0) is 18.5. The van der Waals surface area contributed by atoms with Gasteiger partial charge in [0.2, 0.25) is 0 Å². The highest BCUT2D eigenvalue weighted by Crippen LogP contribution is 2.18. The Bertz CT molecular complexity index is 540. The van der Waals surface area contributed by atoms with E-state index in [1.54, 1.807) is 0 Å². The summed E-state index contributed by atoms with van der Waals surface area (Å²) in [7, 11) is 0. The normalized spacial score (nSPS) is 11.0. The fourth-order valence-electron chi connectivity index (χ4n) is 2.76. The second-order valence-corrected chi connectivity index (χ2v) is 6.59. The molecular formula is C20H35ClN4O. The lowest BCUT2D eigenvalue weighted by atomic mass is 10.1. The van der Waals surface area contributed by atoms with Crippen LogP contribution in [0.3, 0.4) is 0 Å². The Kier molecular flexibility index (Phi) is 13.5. The molecule has 0 heterocycles. The minimum atomic E-state index is -0.352. The zero-order valence-corrected chi connectivity index (χ0v) is 17.3. The van der Waals surface area contributed by atoms with Gasteiger partial charge in [-0.05, 0) is 31.4 Å². The molecule has 0 aromatic heterocycles. The van der Waals surface area contributed by atoms with Crippen molar-refractivity contribution in [1.82, 2.24) is 5.32 Å². The van der Waals surface area contributed by atoms with Crippen molar-refractivity contribution in [3.8, 4) is 0 Å². The van der Waals surface area contributed by atoms with E-state index in [0.29, 0.717) is 6.54 Å². The minimum Gasteiger partial charge on any atom is -0.370 e. The molecule has 0 bridgehead atoms. The predicted octanol–water partition coefficient (Wildman–Crippen LogP) is 5.30. The molecule has 1 aromatic carbocycles. The summed E-state index contributed by atoms with van der Waals surface area (Å²) in [6, 6.07) is 5.53. The first-order chi connectivity index (χ1) is 12.0. The molecule has 0 saturated heterocycles. The van der Waals surface area contributed by atoms with Gasteiger partial charge in [0, 0.05) is 12.2 Å². The quantitative estimate of drug-likeness (QED) is 0.291. The van der Waals surface area contributed by atoms with E-state index >= 15 is 0 Å². The van der Waals surface area contributed by atoms with E-state index in [1.165, 1.54) is 38.5 Å². The van der Waals surface area contributed by atoms with Crippen LogP contribution in [0.4, 0.5) is 10.5 Å². The molecule has 0 aliphatic heterocycles. The molecule has 5 nitrogen and oxygen atoms in total. The maximum absolute atomic E-state index is 12.0. The lowest BCUT2D eigenvalue weighted by Gasteiger charge is -2.12.